The molecule has 0 aromatic heterocycles. The monoisotopic (exact) mass is 301 g/mol. The van der Waals surface area contributed by atoms with Crippen molar-refractivity contribution in [1.82, 2.24) is 9.80 Å². The van der Waals surface area contributed by atoms with Crippen molar-refractivity contribution in [3.8, 4) is 11.5 Å². The van der Waals surface area contributed by atoms with Crippen LogP contribution in [0.3, 0.4) is 0 Å². The van der Waals surface area contributed by atoms with Gasteiger partial charge >= 0.3 is 0 Å². The summed E-state index contributed by atoms with van der Waals surface area (Å²) >= 11 is 0. The first kappa shape index (κ1) is 13.4. The number of carbonyl (C=O) groups excluding carboxylic acids is 1. The van der Waals surface area contributed by atoms with Gasteiger partial charge in [0.05, 0.1) is 6.54 Å². The van der Waals surface area contributed by atoms with Crippen LogP contribution in [0.25, 0.3) is 0 Å². The molecule has 0 spiro atoms. The molecular weight excluding hydrogens is 282 g/mol. The van der Waals surface area contributed by atoms with Gasteiger partial charge in [-0.2, -0.15) is 0 Å². The molecule has 0 N–H and O–H groups in total. The van der Waals surface area contributed by atoms with Crippen LogP contribution in [0.1, 0.15) is 29.6 Å². The van der Waals surface area contributed by atoms with Crippen LogP contribution in [0.2, 0.25) is 0 Å². The van der Waals surface area contributed by atoms with Crippen molar-refractivity contribution < 1.29 is 14.3 Å². The van der Waals surface area contributed by atoms with Crippen LogP contribution in [0.4, 0.5) is 0 Å². The SMILES string of the molecule is O=C(c1ccc2c(c1)OCO2)N1CCN=C1N1CCCCC1. The quantitative estimate of drug-likeness (QED) is 0.792. The maximum Gasteiger partial charge on any atom is 0.260 e. The predicted molar refractivity (Wildman–Crippen MR) is 81.3 cm³/mol. The van der Waals surface area contributed by atoms with E-state index in [4.69, 9.17) is 9.47 Å². The maximum absolute atomic E-state index is 12.8. The minimum Gasteiger partial charge on any atom is -0.454 e. The van der Waals surface area contributed by atoms with Crippen molar-refractivity contribution in [2.24, 2.45) is 4.99 Å². The van der Waals surface area contributed by atoms with Gasteiger partial charge in [0, 0.05) is 25.2 Å². The second-order valence-electron chi connectivity index (χ2n) is 5.75. The van der Waals surface area contributed by atoms with E-state index in [1.165, 1.54) is 19.3 Å². The van der Waals surface area contributed by atoms with Gasteiger partial charge in [0.15, 0.2) is 11.5 Å². The lowest BCUT2D eigenvalue weighted by molar-refractivity contribution is 0.0841. The van der Waals surface area contributed by atoms with Crippen LogP contribution in [0, 0.1) is 0 Å². The van der Waals surface area contributed by atoms with Crippen molar-refractivity contribution in [1.29, 1.82) is 0 Å². The fraction of sp³-hybridized carbons (Fsp3) is 0.500. The zero-order valence-corrected chi connectivity index (χ0v) is 12.5. The number of benzene rings is 1. The number of ether oxygens (including phenoxy) is 2. The van der Waals surface area contributed by atoms with Gasteiger partial charge in [-0.15, -0.1) is 0 Å². The molecule has 22 heavy (non-hydrogen) atoms. The molecule has 1 fully saturated rings. The Labute approximate surface area is 129 Å². The Morgan fingerprint density at radius 1 is 1.05 bits per heavy atom. The third kappa shape index (κ3) is 2.28. The van der Waals surface area contributed by atoms with Crippen LogP contribution in [0.5, 0.6) is 11.5 Å². The number of hydrogen-bond acceptors (Lipinski definition) is 5. The second-order valence-corrected chi connectivity index (χ2v) is 5.75. The third-order valence-corrected chi connectivity index (χ3v) is 4.32. The molecule has 0 bridgehead atoms. The van der Waals surface area contributed by atoms with Gasteiger partial charge in [-0.25, -0.2) is 0 Å². The minimum atomic E-state index is -0.0138. The third-order valence-electron chi connectivity index (χ3n) is 4.32. The smallest absolute Gasteiger partial charge is 0.260 e. The van der Waals surface area contributed by atoms with E-state index in [2.05, 4.69) is 9.89 Å². The highest BCUT2D eigenvalue weighted by atomic mass is 16.7. The minimum absolute atomic E-state index is 0.0138. The standard InChI is InChI=1S/C16H19N3O3/c20-15(12-4-5-13-14(10-12)22-11-21-13)19-9-6-17-16(19)18-7-2-1-3-8-18/h4-5,10H,1-3,6-9,11H2. The molecule has 1 aromatic rings. The van der Waals surface area contributed by atoms with Gasteiger partial charge in [-0.3, -0.25) is 14.7 Å². The number of amides is 1. The molecule has 0 saturated carbocycles. The van der Waals surface area contributed by atoms with Crippen molar-refractivity contribution in [3.63, 3.8) is 0 Å². The Balaban J connectivity index is 1.55. The molecule has 0 radical (unpaired) electrons. The van der Waals surface area contributed by atoms with Gasteiger partial charge in [0.25, 0.3) is 5.91 Å². The van der Waals surface area contributed by atoms with E-state index in [1.807, 2.05) is 0 Å². The topological polar surface area (TPSA) is 54.4 Å². The number of likely N-dealkylation sites (tertiary alicyclic amines) is 1. The summed E-state index contributed by atoms with van der Waals surface area (Å²) in [5.74, 6) is 2.16. The van der Waals surface area contributed by atoms with Crippen LogP contribution in [-0.2, 0) is 0 Å². The second kappa shape index (κ2) is 5.51. The molecule has 6 heteroatoms. The summed E-state index contributed by atoms with van der Waals surface area (Å²) in [4.78, 5) is 21.4. The number of rotatable bonds is 1. The van der Waals surface area contributed by atoms with Gasteiger partial charge in [-0.1, -0.05) is 0 Å². The highest BCUT2D eigenvalue weighted by Gasteiger charge is 2.30. The lowest BCUT2D eigenvalue weighted by Crippen LogP contribution is -2.46. The molecular formula is C16H19N3O3. The Bertz CT molecular complexity index is 623. The van der Waals surface area contributed by atoms with Crippen LogP contribution in [0.15, 0.2) is 23.2 Å². The normalized spacial score (nSPS) is 20.3. The molecule has 0 unspecified atom stereocenters. The van der Waals surface area contributed by atoms with E-state index >= 15 is 0 Å². The summed E-state index contributed by atoms with van der Waals surface area (Å²) in [7, 11) is 0. The molecule has 0 aliphatic carbocycles. The van der Waals surface area contributed by atoms with Gasteiger partial charge < -0.3 is 14.4 Å². The molecule has 3 aliphatic heterocycles. The average Bonchev–Trinajstić information content (AvgIpc) is 3.23. The first-order valence-corrected chi connectivity index (χ1v) is 7.84. The first-order valence-electron chi connectivity index (χ1n) is 7.84. The van der Waals surface area contributed by atoms with Gasteiger partial charge in [0.2, 0.25) is 12.8 Å². The summed E-state index contributed by atoms with van der Waals surface area (Å²) in [5.41, 5.74) is 0.621. The molecule has 116 valence electrons. The molecule has 3 heterocycles. The molecule has 6 nitrogen and oxygen atoms in total. The van der Waals surface area contributed by atoms with E-state index in [1.54, 1.807) is 23.1 Å². The van der Waals surface area contributed by atoms with Gasteiger partial charge in [-0.05, 0) is 37.5 Å². The number of carbonyl (C=O) groups is 1. The summed E-state index contributed by atoms with van der Waals surface area (Å²) in [6, 6.07) is 5.35. The Morgan fingerprint density at radius 2 is 1.86 bits per heavy atom. The molecule has 1 aromatic carbocycles. The van der Waals surface area contributed by atoms with E-state index in [9.17, 15) is 4.79 Å². The maximum atomic E-state index is 12.8. The van der Waals surface area contributed by atoms with E-state index < -0.39 is 0 Å². The molecule has 1 amide bonds. The fourth-order valence-electron chi connectivity index (χ4n) is 3.18. The van der Waals surface area contributed by atoms with Crippen molar-refractivity contribution in [2.45, 2.75) is 19.3 Å². The van der Waals surface area contributed by atoms with Crippen LogP contribution < -0.4 is 9.47 Å². The lowest BCUT2D eigenvalue weighted by Gasteiger charge is -2.32. The highest BCUT2D eigenvalue weighted by Crippen LogP contribution is 2.33. The Hall–Kier alpha value is -2.24. The van der Waals surface area contributed by atoms with E-state index in [0.717, 1.165) is 19.0 Å². The Morgan fingerprint density at radius 3 is 2.73 bits per heavy atom. The van der Waals surface area contributed by atoms with Crippen LogP contribution in [-0.4, -0.2) is 54.6 Å². The summed E-state index contributed by atoms with van der Waals surface area (Å²) < 4.78 is 10.7. The predicted octanol–water partition coefficient (Wildman–Crippen LogP) is 1.71. The summed E-state index contributed by atoms with van der Waals surface area (Å²) in [5, 5.41) is 0. The largest absolute Gasteiger partial charge is 0.454 e. The molecule has 0 atom stereocenters. The Kier molecular flexibility index (Phi) is 3.36. The summed E-state index contributed by atoms with van der Waals surface area (Å²) in [6.45, 7) is 3.53. The van der Waals surface area contributed by atoms with Crippen molar-refractivity contribution in [2.75, 3.05) is 33.0 Å². The molecule has 1 saturated heterocycles. The number of guanidine groups is 1. The summed E-state index contributed by atoms with van der Waals surface area (Å²) in [6.07, 6.45) is 3.61. The highest BCUT2D eigenvalue weighted by molar-refractivity contribution is 6.06. The first-order chi connectivity index (χ1) is 10.8. The lowest BCUT2D eigenvalue weighted by atomic mass is 10.1. The molecule has 3 aliphatic rings. The number of piperidine rings is 1. The number of nitrogens with zero attached hydrogens (tertiary/aromatic N) is 3. The number of fused-ring (bicyclic) bond motifs is 1. The number of aliphatic imine (C=N–C) groups is 1. The van der Waals surface area contributed by atoms with Gasteiger partial charge in [0.1, 0.15) is 0 Å². The fourth-order valence-corrected chi connectivity index (χ4v) is 3.18. The van der Waals surface area contributed by atoms with Crippen LogP contribution >= 0.6 is 0 Å². The molecule has 4 rings (SSSR count). The number of hydrogen-bond donors (Lipinski definition) is 0. The van der Waals surface area contributed by atoms with Crippen molar-refractivity contribution >= 4 is 11.9 Å². The van der Waals surface area contributed by atoms with E-state index in [-0.39, 0.29) is 12.7 Å². The average molecular weight is 301 g/mol. The van der Waals surface area contributed by atoms with Crippen molar-refractivity contribution in [3.05, 3.63) is 23.8 Å². The zero-order chi connectivity index (χ0) is 14.9. The van der Waals surface area contributed by atoms with E-state index in [0.29, 0.717) is 30.2 Å². The zero-order valence-electron chi connectivity index (χ0n) is 12.5.